The molecule has 2 aliphatic heterocycles. The van der Waals surface area contributed by atoms with Crippen molar-refractivity contribution in [2.75, 3.05) is 46.4 Å². The van der Waals surface area contributed by atoms with E-state index in [-0.39, 0.29) is 23.9 Å². The molecule has 1 amide bonds. The lowest BCUT2D eigenvalue weighted by atomic mass is 9.81. The number of methoxy groups -OCH3 is 1. The van der Waals surface area contributed by atoms with Crippen LogP contribution in [-0.4, -0.2) is 79.1 Å². The third-order valence-electron chi connectivity index (χ3n) is 8.01. The van der Waals surface area contributed by atoms with Crippen LogP contribution in [0.1, 0.15) is 36.5 Å². The third kappa shape index (κ3) is 5.57. The van der Waals surface area contributed by atoms with Crippen molar-refractivity contribution >= 4 is 5.91 Å². The first-order chi connectivity index (χ1) is 18.6. The predicted octanol–water partition coefficient (Wildman–Crippen LogP) is 4.64. The maximum Gasteiger partial charge on any atom is 0.219 e. The Hall–Kier alpha value is -3.35. The number of carbonyl (C=O) groups is 1. The molecule has 2 unspecified atom stereocenters. The van der Waals surface area contributed by atoms with E-state index in [4.69, 9.17) is 9.47 Å². The van der Waals surface area contributed by atoms with Crippen LogP contribution in [0.15, 0.2) is 78.9 Å². The van der Waals surface area contributed by atoms with Crippen molar-refractivity contribution in [3.63, 3.8) is 0 Å². The SMILES string of the molecule is CCOc1cccc(OC)c1CN1CC2CN(C(C)=O)CCN2C(C(c2ccccc2)c2ccccc2)C1. The van der Waals surface area contributed by atoms with Gasteiger partial charge < -0.3 is 14.4 Å². The summed E-state index contributed by atoms with van der Waals surface area (Å²) in [7, 11) is 1.72. The number of nitrogens with zero attached hydrogens (tertiary/aromatic N) is 3. The smallest absolute Gasteiger partial charge is 0.219 e. The number of piperazine rings is 2. The summed E-state index contributed by atoms with van der Waals surface area (Å²) in [6.07, 6.45) is 0. The molecule has 0 aliphatic carbocycles. The lowest BCUT2D eigenvalue weighted by molar-refractivity contribution is -0.134. The van der Waals surface area contributed by atoms with Gasteiger partial charge in [-0.1, -0.05) is 66.7 Å². The monoisotopic (exact) mass is 513 g/mol. The average Bonchev–Trinajstić information content (AvgIpc) is 2.95. The lowest BCUT2D eigenvalue weighted by Gasteiger charge is -2.53. The molecule has 0 saturated carbocycles. The molecule has 2 fully saturated rings. The van der Waals surface area contributed by atoms with E-state index in [9.17, 15) is 4.79 Å². The summed E-state index contributed by atoms with van der Waals surface area (Å²) in [5.74, 6) is 2.11. The summed E-state index contributed by atoms with van der Waals surface area (Å²) in [6, 6.07) is 28.3. The summed E-state index contributed by atoms with van der Waals surface area (Å²) >= 11 is 0. The van der Waals surface area contributed by atoms with Crippen molar-refractivity contribution in [1.82, 2.24) is 14.7 Å². The molecule has 0 aromatic heterocycles. The van der Waals surface area contributed by atoms with Crippen LogP contribution in [0, 0.1) is 0 Å². The molecule has 3 aromatic rings. The second-order valence-corrected chi connectivity index (χ2v) is 10.3. The normalized spacial score (nSPS) is 20.3. The van der Waals surface area contributed by atoms with Gasteiger partial charge in [0, 0.05) is 64.2 Å². The topological polar surface area (TPSA) is 45.3 Å². The number of hydrogen-bond acceptors (Lipinski definition) is 5. The molecule has 38 heavy (non-hydrogen) atoms. The highest BCUT2D eigenvalue weighted by atomic mass is 16.5. The van der Waals surface area contributed by atoms with E-state index in [2.05, 4.69) is 70.5 Å². The van der Waals surface area contributed by atoms with E-state index < -0.39 is 0 Å². The zero-order valence-corrected chi connectivity index (χ0v) is 22.8. The van der Waals surface area contributed by atoms with Crippen molar-refractivity contribution in [3.8, 4) is 11.5 Å². The van der Waals surface area contributed by atoms with Crippen LogP contribution in [0.2, 0.25) is 0 Å². The summed E-state index contributed by atoms with van der Waals surface area (Å²) in [5.41, 5.74) is 3.73. The Labute approximate surface area is 226 Å². The van der Waals surface area contributed by atoms with Crippen molar-refractivity contribution in [1.29, 1.82) is 0 Å². The molecule has 0 bridgehead atoms. The Morgan fingerprint density at radius 1 is 0.868 bits per heavy atom. The van der Waals surface area contributed by atoms with Gasteiger partial charge in [-0.25, -0.2) is 0 Å². The van der Waals surface area contributed by atoms with E-state index in [1.165, 1.54) is 11.1 Å². The highest BCUT2D eigenvalue weighted by Gasteiger charge is 2.42. The summed E-state index contributed by atoms with van der Waals surface area (Å²) < 4.78 is 11.8. The highest BCUT2D eigenvalue weighted by Crippen LogP contribution is 2.37. The molecular formula is C32H39N3O3. The molecule has 2 aliphatic rings. The number of benzene rings is 3. The molecule has 0 N–H and O–H groups in total. The average molecular weight is 514 g/mol. The Morgan fingerprint density at radius 2 is 1.53 bits per heavy atom. The quantitative estimate of drug-likeness (QED) is 0.439. The van der Waals surface area contributed by atoms with Gasteiger partial charge in [-0.2, -0.15) is 0 Å². The van der Waals surface area contributed by atoms with Gasteiger partial charge in [0.2, 0.25) is 5.91 Å². The van der Waals surface area contributed by atoms with Crippen LogP contribution in [0.3, 0.4) is 0 Å². The number of hydrogen-bond donors (Lipinski definition) is 0. The van der Waals surface area contributed by atoms with Gasteiger partial charge in [0.15, 0.2) is 0 Å². The number of carbonyl (C=O) groups excluding carboxylic acids is 1. The summed E-state index contributed by atoms with van der Waals surface area (Å²) in [5, 5.41) is 0. The van der Waals surface area contributed by atoms with Crippen LogP contribution in [0.25, 0.3) is 0 Å². The lowest BCUT2D eigenvalue weighted by Crippen LogP contribution is -2.67. The van der Waals surface area contributed by atoms with Crippen LogP contribution in [0.4, 0.5) is 0 Å². The largest absolute Gasteiger partial charge is 0.496 e. The van der Waals surface area contributed by atoms with E-state index in [1.807, 2.05) is 30.0 Å². The minimum Gasteiger partial charge on any atom is -0.496 e. The van der Waals surface area contributed by atoms with Crippen molar-refractivity contribution in [3.05, 3.63) is 95.6 Å². The molecule has 0 radical (unpaired) electrons. The summed E-state index contributed by atoms with van der Waals surface area (Å²) in [4.78, 5) is 19.6. The van der Waals surface area contributed by atoms with Crippen LogP contribution in [0.5, 0.6) is 11.5 Å². The fourth-order valence-electron chi connectivity index (χ4n) is 6.29. The Bertz CT molecular complexity index is 1160. The molecule has 2 saturated heterocycles. The number of fused-ring (bicyclic) bond motifs is 1. The molecule has 200 valence electrons. The fraction of sp³-hybridized carbons (Fsp3) is 0.406. The molecule has 0 spiro atoms. The van der Waals surface area contributed by atoms with Gasteiger partial charge in [0.05, 0.1) is 19.3 Å². The van der Waals surface area contributed by atoms with Crippen molar-refractivity contribution in [2.45, 2.75) is 38.4 Å². The van der Waals surface area contributed by atoms with Crippen LogP contribution < -0.4 is 9.47 Å². The maximum absolute atomic E-state index is 12.4. The molecular weight excluding hydrogens is 474 g/mol. The minimum atomic E-state index is 0.157. The zero-order valence-electron chi connectivity index (χ0n) is 22.8. The first-order valence-corrected chi connectivity index (χ1v) is 13.7. The van der Waals surface area contributed by atoms with Gasteiger partial charge in [-0.3, -0.25) is 14.6 Å². The first-order valence-electron chi connectivity index (χ1n) is 13.7. The highest BCUT2D eigenvalue weighted by molar-refractivity contribution is 5.73. The molecule has 2 atom stereocenters. The second kappa shape index (κ2) is 12.0. The van der Waals surface area contributed by atoms with E-state index >= 15 is 0 Å². The van der Waals surface area contributed by atoms with Crippen LogP contribution >= 0.6 is 0 Å². The van der Waals surface area contributed by atoms with Gasteiger partial charge in [-0.15, -0.1) is 0 Å². The minimum absolute atomic E-state index is 0.157. The Balaban J connectivity index is 1.53. The fourth-order valence-corrected chi connectivity index (χ4v) is 6.29. The van der Waals surface area contributed by atoms with E-state index in [0.29, 0.717) is 6.61 Å². The molecule has 2 heterocycles. The second-order valence-electron chi connectivity index (χ2n) is 10.3. The molecule has 6 nitrogen and oxygen atoms in total. The van der Waals surface area contributed by atoms with Gasteiger partial charge >= 0.3 is 0 Å². The molecule has 5 rings (SSSR count). The zero-order chi connectivity index (χ0) is 26.5. The van der Waals surface area contributed by atoms with Crippen molar-refractivity contribution in [2.24, 2.45) is 0 Å². The van der Waals surface area contributed by atoms with Crippen molar-refractivity contribution < 1.29 is 14.3 Å². The van der Waals surface area contributed by atoms with E-state index in [1.54, 1.807) is 14.0 Å². The van der Waals surface area contributed by atoms with Crippen LogP contribution in [-0.2, 0) is 11.3 Å². The number of rotatable bonds is 8. The Morgan fingerprint density at radius 3 is 2.13 bits per heavy atom. The predicted molar refractivity (Wildman–Crippen MR) is 151 cm³/mol. The summed E-state index contributed by atoms with van der Waals surface area (Å²) in [6.45, 7) is 9.26. The van der Waals surface area contributed by atoms with Gasteiger partial charge in [0.1, 0.15) is 11.5 Å². The van der Waals surface area contributed by atoms with Gasteiger partial charge in [0.25, 0.3) is 0 Å². The first kappa shape index (κ1) is 26.3. The maximum atomic E-state index is 12.4. The number of amides is 1. The third-order valence-corrected chi connectivity index (χ3v) is 8.01. The Kier molecular flexibility index (Phi) is 8.30. The van der Waals surface area contributed by atoms with Gasteiger partial charge in [-0.05, 0) is 30.2 Å². The number of ether oxygens (including phenoxy) is 2. The molecule has 3 aromatic carbocycles. The van der Waals surface area contributed by atoms with E-state index in [0.717, 1.165) is 56.3 Å². The molecule has 6 heteroatoms. The standard InChI is InChI=1S/C32H39N3O3/c1-4-38-31-17-11-16-30(37-3)28(31)22-33-20-27-21-34(24(2)36)18-19-35(27)29(23-33)32(25-12-7-5-8-13-25)26-14-9-6-10-15-26/h5-17,27,29,32H,4,18-23H2,1-3H3.